The van der Waals surface area contributed by atoms with E-state index in [1.54, 1.807) is 13.2 Å². The smallest absolute Gasteiger partial charge is 0.148 e. The third kappa shape index (κ3) is 3.00. The summed E-state index contributed by atoms with van der Waals surface area (Å²) in [7, 11) is 1.64. The quantitative estimate of drug-likeness (QED) is 0.875. The van der Waals surface area contributed by atoms with Gasteiger partial charge in [-0.25, -0.2) is 4.98 Å². The standard InChI is InChI=1S/C14H14N4O/c1-19-9-10-4-2-3-5-13(10)18-14-11(7-15)6-12(16)8-17-14/h2-6,8H,9,16H2,1H3,(H,17,18). The number of anilines is 3. The van der Waals surface area contributed by atoms with Crippen LogP contribution in [0.2, 0.25) is 0 Å². The zero-order valence-corrected chi connectivity index (χ0v) is 10.6. The van der Waals surface area contributed by atoms with Gasteiger partial charge in [-0.3, -0.25) is 0 Å². The highest BCUT2D eigenvalue weighted by atomic mass is 16.5. The van der Waals surface area contributed by atoms with Crippen molar-refractivity contribution in [2.75, 3.05) is 18.2 Å². The van der Waals surface area contributed by atoms with Crippen LogP contribution in [0.3, 0.4) is 0 Å². The maximum atomic E-state index is 9.08. The van der Waals surface area contributed by atoms with Crippen LogP contribution in [0.4, 0.5) is 17.2 Å². The van der Waals surface area contributed by atoms with Gasteiger partial charge in [0.2, 0.25) is 0 Å². The SMILES string of the molecule is COCc1ccccc1Nc1ncc(N)cc1C#N. The Bertz CT molecular complexity index is 619. The Morgan fingerprint density at radius 3 is 2.95 bits per heavy atom. The van der Waals surface area contributed by atoms with Crippen molar-refractivity contribution in [1.82, 2.24) is 4.98 Å². The fourth-order valence-electron chi connectivity index (χ4n) is 1.72. The Morgan fingerprint density at radius 1 is 1.42 bits per heavy atom. The van der Waals surface area contributed by atoms with Crippen molar-refractivity contribution < 1.29 is 4.74 Å². The van der Waals surface area contributed by atoms with Gasteiger partial charge in [-0.2, -0.15) is 5.26 Å². The molecule has 1 aromatic heterocycles. The van der Waals surface area contributed by atoms with Gasteiger partial charge in [0.1, 0.15) is 11.9 Å². The normalized spacial score (nSPS) is 9.89. The monoisotopic (exact) mass is 254 g/mol. The zero-order chi connectivity index (χ0) is 13.7. The van der Waals surface area contributed by atoms with E-state index in [0.717, 1.165) is 11.3 Å². The molecule has 0 aliphatic heterocycles. The van der Waals surface area contributed by atoms with Crippen molar-refractivity contribution in [2.45, 2.75) is 6.61 Å². The Balaban J connectivity index is 2.34. The molecule has 0 unspecified atom stereocenters. The minimum absolute atomic E-state index is 0.409. The van der Waals surface area contributed by atoms with Gasteiger partial charge >= 0.3 is 0 Å². The molecule has 5 nitrogen and oxygen atoms in total. The van der Waals surface area contributed by atoms with Crippen LogP contribution in [0.15, 0.2) is 36.5 Å². The summed E-state index contributed by atoms with van der Waals surface area (Å²) in [6.45, 7) is 0.486. The second kappa shape index (κ2) is 5.85. The summed E-state index contributed by atoms with van der Waals surface area (Å²) in [4.78, 5) is 4.15. The predicted octanol–water partition coefficient (Wildman–Crippen LogP) is 2.43. The second-order valence-corrected chi connectivity index (χ2v) is 3.99. The number of methoxy groups -OCH3 is 1. The van der Waals surface area contributed by atoms with Gasteiger partial charge in [0.15, 0.2) is 0 Å². The van der Waals surface area contributed by atoms with Crippen LogP contribution >= 0.6 is 0 Å². The molecule has 0 saturated heterocycles. The van der Waals surface area contributed by atoms with E-state index < -0.39 is 0 Å². The zero-order valence-electron chi connectivity index (χ0n) is 10.6. The first-order chi connectivity index (χ1) is 9.24. The molecule has 1 aromatic carbocycles. The van der Waals surface area contributed by atoms with E-state index in [-0.39, 0.29) is 0 Å². The lowest BCUT2D eigenvalue weighted by molar-refractivity contribution is 0.185. The maximum absolute atomic E-state index is 9.08. The van der Waals surface area contributed by atoms with Gasteiger partial charge in [0, 0.05) is 18.4 Å². The first-order valence-electron chi connectivity index (χ1n) is 5.74. The molecule has 19 heavy (non-hydrogen) atoms. The molecule has 0 atom stereocenters. The van der Waals surface area contributed by atoms with E-state index in [1.807, 2.05) is 24.3 Å². The average Bonchev–Trinajstić information content (AvgIpc) is 2.43. The number of benzene rings is 1. The summed E-state index contributed by atoms with van der Waals surface area (Å²) >= 11 is 0. The Labute approximate surface area is 111 Å². The number of hydrogen-bond donors (Lipinski definition) is 2. The number of pyridine rings is 1. The highest BCUT2D eigenvalue weighted by molar-refractivity contribution is 5.67. The number of rotatable bonds is 4. The average molecular weight is 254 g/mol. The molecule has 2 rings (SSSR count). The van der Waals surface area contributed by atoms with Gasteiger partial charge in [-0.05, 0) is 12.1 Å². The highest BCUT2D eigenvalue weighted by Crippen LogP contribution is 2.23. The molecular weight excluding hydrogens is 240 g/mol. The molecule has 0 aliphatic carbocycles. The van der Waals surface area contributed by atoms with Gasteiger partial charge in [-0.1, -0.05) is 18.2 Å². The Morgan fingerprint density at radius 2 is 2.21 bits per heavy atom. The van der Waals surface area contributed by atoms with Crippen molar-refractivity contribution in [3.8, 4) is 6.07 Å². The molecule has 0 amide bonds. The number of nitrogens with zero attached hydrogens (tertiary/aromatic N) is 2. The molecule has 0 radical (unpaired) electrons. The van der Waals surface area contributed by atoms with Crippen LogP contribution in [-0.4, -0.2) is 12.1 Å². The lowest BCUT2D eigenvalue weighted by Crippen LogP contribution is -2.01. The van der Waals surface area contributed by atoms with Crippen molar-refractivity contribution >= 4 is 17.2 Å². The molecule has 5 heteroatoms. The molecule has 0 fully saturated rings. The van der Waals surface area contributed by atoms with Gasteiger partial charge in [0.05, 0.1) is 24.1 Å². The van der Waals surface area contributed by atoms with Crippen LogP contribution in [0.25, 0.3) is 0 Å². The van der Waals surface area contributed by atoms with E-state index >= 15 is 0 Å². The first kappa shape index (κ1) is 12.9. The van der Waals surface area contributed by atoms with Gasteiger partial charge in [0.25, 0.3) is 0 Å². The lowest BCUT2D eigenvalue weighted by Gasteiger charge is -2.12. The molecule has 0 saturated carbocycles. The fourth-order valence-corrected chi connectivity index (χ4v) is 1.72. The number of hydrogen-bond acceptors (Lipinski definition) is 5. The lowest BCUT2D eigenvalue weighted by atomic mass is 10.1. The van der Waals surface area contributed by atoms with Crippen molar-refractivity contribution in [1.29, 1.82) is 5.26 Å². The van der Waals surface area contributed by atoms with E-state index in [9.17, 15) is 0 Å². The highest BCUT2D eigenvalue weighted by Gasteiger charge is 2.07. The topological polar surface area (TPSA) is 84.0 Å². The molecular formula is C14H14N4O. The number of nitriles is 1. The summed E-state index contributed by atoms with van der Waals surface area (Å²) in [6.07, 6.45) is 1.52. The number of aromatic nitrogens is 1. The summed E-state index contributed by atoms with van der Waals surface area (Å²) in [5.74, 6) is 0.486. The minimum Gasteiger partial charge on any atom is -0.397 e. The summed E-state index contributed by atoms with van der Waals surface area (Å²) in [6, 6.07) is 11.4. The van der Waals surface area contributed by atoms with Crippen molar-refractivity contribution in [3.63, 3.8) is 0 Å². The van der Waals surface area contributed by atoms with E-state index in [0.29, 0.717) is 23.7 Å². The number of ether oxygens (including phenoxy) is 1. The van der Waals surface area contributed by atoms with Crippen LogP contribution in [0.1, 0.15) is 11.1 Å². The maximum Gasteiger partial charge on any atom is 0.148 e. The summed E-state index contributed by atoms with van der Waals surface area (Å²) in [5, 5.41) is 12.2. The van der Waals surface area contributed by atoms with Crippen LogP contribution < -0.4 is 11.1 Å². The molecule has 96 valence electrons. The number of nitrogen functional groups attached to an aromatic ring is 1. The van der Waals surface area contributed by atoms with Crippen LogP contribution in [0.5, 0.6) is 0 Å². The number of para-hydroxylation sites is 1. The number of nitrogens with one attached hydrogen (secondary N) is 1. The molecule has 1 heterocycles. The Kier molecular flexibility index (Phi) is 3.96. The molecule has 0 spiro atoms. The van der Waals surface area contributed by atoms with E-state index in [1.165, 1.54) is 6.20 Å². The molecule has 0 aliphatic rings. The minimum atomic E-state index is 0.409. The largest absolute Gasteiger partial charge is 0.397 e. The van der Waals surface area contributed by atoms with E-state index in [2.05, 4.69) is 16.4 Å². The molecule has 0 bridgehead atoms. The van der Waals surface area contributed by atoms with E-state index in [4.69, 9.17) is 15.7 Å². The second-order valence-electron chi connectivity index (χ2n) is 3.99. The van der Waals surface area contributed by atoms with Gasteiger partial charge in [-0.15, -0.1) is 0 Å². The number of nitrogens with two attached hydrogens (primary N) is 1. The third-order valence-electron chi connectivity index (χ3n) is 2.60. The van der Waals surface area contributed by atoms with Crippen LogP contribution in [0, 0.1) is 11.3 Å². The van der Waals surface area contributed by atoms with Crippen molar-refractivity contribution in [2.24, 2.45) is 0 Å². The molecule has 2 aromatic rings. The first-order valence-corrected chi connectivity index (χ1v) is 5.74. The van der Waals surface area contributed by atoms with Crippen molar-refractivity contribution in [3.05, 3.63) is 47.7 Å². The summed E-state index contributed by atoms with van der Waals surface area (Å²) in [5.41, 5.74) is 8.34. The van der Waals surface area contributed by atoms with Gasteiger partial charge < -0.3 is 15.8 Å². The molecule has 3 N–H and O–H groups in total. The summed E-state index contributed by atoms with van der Waals surface area (Å²) < 4.78 is 5.14. The van der Waals surface area contributed by atoms with Crippen LogP contribution in [-0.2, 0) is 11.3 Å². The predicted molar refractivity (Wildman–Crippen MR) is 73.8 cm³/mol. The fraction of sp³-hybridized carbons (Fsp3) is 0.143. The Hall–Kier alpha value is -2.58. The third-order valence-corrected chi connectivity index (χ3v) is 2.60.